The van der Waals surface area contributed by atoms with E-state index in [4.69, 9.17) is 0 Å². The third kappa shape index (κ3) is 3.33. The molecule has 0 saturated heterocycles. The molecule has 0 fully saturated rings. The summed E-state index contributed by atoms with van der Waals surface area (Å²) in [6.45, 7) is -0.421. The maximum atomic E-state index is 14.1. The topological polar surface area (TPSA) is 93.2 Å². The smallest absolute Gasteiger partial charge is 0.328 e. The van der Waals surface area contributed by atoms with Crippen LogP contribution in [0.25, 0.3) is 10.2 Å². The predicted octanol–water partition coefficient (Wildman–Crippen LogP) is 1.61. The number of thiophene rings is 1. The molecule has 142 valence electrons. The molecule has 7 nitrogen and oxygen atoms in total. The number of carbonyl (C=O) groups is 1. The predicted molar refractivity (Wildman–Crippen MR) is 91.9 cm³/mol. The number of halogens is 3. The van der Waals surface area contributed by atoms with Gasteiger partial charge in [-0.15, -0.1) is 11.3 Å². The first-order valence-electron chi connectivity index (χ1n) is 7.55. The largest absolute Gasteiger partial charge is 0.491 e. The summed E-state index contributed by atoms with van der Waals surface area (Å²) in [5, 5.41) is 3.90. The Morgan fingerprint density at radius 1 is 1.30 bits per heavy atom. The highest BCUT2D eigenvalue weighted by Gasteiger charge is 2.23. The monoisotopic (exact) mass is 399 g/mol. The average molecular weight is 399 g/mol. The minimum absolute atomic E-state index is 0.198. The molecular weight excluding hydrogens is 387 g/mol. The number of amides is 1. The molecule has 1 aromatic carbocycles. The molecule has 0 aliphatic heterocycles. The van der Waals surface area contributed by atoms with Crippen LogP contribution in [0.5, 0.6) is 5.75 Å². The van der Waals surface area contributed by atoms with Gasteiger partial charge in [-0.05, 0) is 17.5 Å². The van der Waals surface area contributed by atoms with Crippen LogP contribution in [0, 0.1) is 17.5 Å². The zero-order valence-corrected chi connectivity index (χ0v) is 14.6. The molecule has 0 aliphatic rings. The molecule has 1 amide bonds. The van der Waals surface area contributed by atoms with Crippen molar-refractivity contribution in [3.8, 4) is 5.75 Å². The Morgan fingerprint density at radius 2 is 2.04 bits per heavy atom. The molecule has 2 heterocycles. The minimum atomic E-state index is -1.55. The van der Waals surface area contributed by atoms with Gasteiger partial charge in [-0.25, -0.2) is 13.6 Å². The standard InChI is InChI=1S/C16H12F3N3O4S/c1-26-12-10(18)7(6-8(17)11(12)19)14(23)20-3-4-22-15(24)13-9(2-5-27-13)21-16(22)25/h2,5-6H,3-4H2,1H3,(H,20,23)(H,21,25). The van der Waals surface area contributed by atoms with E-state index in [-0.39, 0.29) is 13.1 Å². The third-order valence-electron chi connectivity index (χ3n) is 3.78. The second-order valence-electron chi connectivity index (χ2n) is 5.37. The van der Waals surface area contributed by atoms with Crippen molar-refractivity contribution in [3.05, 3.63) is 61.4 Å². The number of aromatic amines is 1. The Hall–Kier alpha value is -3.08. The molecule has 2 N–H and O–H groups in total. The molecule has 27 heavy (non-hydrogen) atoms. The Bertz CT molecular complexity index is 1150. The van der Waals surface area contributed by atoms with E-state index in [2.05, 4.69) is 15.0 Å². The second kappa shape index (κ2) is 7.27. The van der Waals surface area contributed by atoms with Crippen molar-refractivity contribution in [2.45, 2.75) is 6.54 Å². The molecule has 3 rings (SSSR count). The quantitative estimate of drug-likeness (QED) is 0.638. The number of H-pyrrole nitrogens is 1. The van der Waals surface area contributed by atoms with Gasteiger partial charge in [0.05, 0.1) is 18.2 Å². The average Bonchev–Trinajstić information content (AvgIpc) is 3.09. The van der Waals surface area contributed by atoms with E-state index in [1.54, 1.807) is 11.4 Å². The van der Waals surface area contributed by atoms with Gasteiger partial charge >= 0.3 is 5.69 Å². The molecular formula is C16H12F3N3O4S. The van der Waals surface area contributed by atoms with Crippen LogP contribution in [-0.2, 0) is 6.54 Å². The third-order valence-corrected chi connectivity index (χ3v) is 4.68. The lowest BCUT2D eigenvalue weighted by Crippen LogP contribution is -2.38. The van der Waals surface area contributed by atoms with E-state index in [9.17, 15) is 27.6 Å². The van der Waals surface area contributed by atoms with Gasteiger partial charge in [0.1, 0.15) is 4.70 Å². The summed E-state index contributed by atoms with van der Waals surface area (Å²) in [6, 6.07) is 1.99. The zero-order valence-electron chi connectivity index (χ0n) is 13.8. The van der Waals surface area contributed by atoms with Gasteiger partial charge in [-0.3, -0.25) is 14.2 Å². The summed E-state index contributed by atoms with van der Waals surface area (Å²) < 4.78 is 46.6. The maximum absolute atomic E-state index is 14.1. The number of aromatic nitrogens is 2. The SMILES string of the molecule is COc1c(F)c(F)cc(C(=O)NCCn2c(=O)[nH]c3ccsc3c2=O)c1F. The number of methoxy groups -OCH3 is 1. The summed E-state index contributed by atoms with van der Waals surface area (Å²) >= 11 is 1.15. The molecule has 2 aromatic heterocycles. The molecule has 0 spiro atoms. The van der Waals surface area contributed by atoms with Crippen LogP contribution in [-0.4, -0.2) is 29.1 Å². The molecule has 0 bridgehead atoms. The van der Waals surface area contributed by atoms with Crippen molar-refractivity contribution >= 4 is 27.5 Å². The lowest BCUT2D eigenvalue weighted by atomic mass is 10.1. The summed E-state index contributed by atoms with van der Waals surface area (Å²) in [5.41, 5.74) is -1.55. The molecule has 0 saturated carbocycles. The summed E-state index contributed by atoms with van der Waals surface area (Å²) in [6.07, 6.45) is 0. The van der Waals surface area contributed by atoms with Gasteiger partial charge in [0.2, 0.25) is 5.82 Å². The van der Waals surface area contributed by atoms with Crippen molar-refractivity contribution in [1.29, 1.82) is 0 Å². The number of ether oxygens (including phenoxy) is 1. The molecule has 11 heteroatoms. The first kappa shape index (κ1) is 18.7. The number of hydrogen-bond acceptors (Lipinski definition) is 5. The number of rotatable bonds is 5. The van der Waals surface area contributed by atoms with Crippen molar-refractivity contribution in [2.75, 3.05) is 13.7 Å². The van der Waals surface area contributed by atoms with Crippen LogP contribution >= 0.6 is 11.3 Å². The van der Waals surface area contributed by atoms with E-state index in [1.165, 1.54) is 0 Å². The van der Waals surface area contributed by atoms with Gasteiger partial charge < -0.3 is 15.0 Å². The highest BCUT2D eigenvalue weighted by molar-refractivity contribution is 7.17. The van der Waals surface area contributed by atoms with Crippen LogP contribution in [0.4, 0.5) is 13.2 Å². The lowest BCUT2D eigenvalue weighted by molar-refractivity contribution is 0.0946. The second-order valence-corrected chi connectivity index (χ2v) is 6.29. The number of nitrogens with zero attached hydrogens (tertiary/aromatic N) is 1. The van der Waals surface area contributed by atoms with Crippen LogP contribution in [0.2, 0.25) is 0 Å². The minimum Gasteiger partial charge on any atom is -0.491 e. The number of fused-ring (bicyclic) bond motifs is 1. The van der Waals surface area contributed by atoms with Gasteiger partial charge in [-0.1, -0.05) is 0 Å². The Morgan fingerprint density at radius 3 is 2.74 bits per heavy atom. The van der Waals surface area contributed by atoms with Crippen molar-refractivity contribution < 1.29 is 22.7 Å². The van der Waals surface area contributed by atoms with E-state index in [1.807, 2.05) is 0 Å². The molecule has 0 atom stereocenters. The number of hydrogen-bond donors (Lipinski definition) is 2. The summed E-state index contributed by atoms with van der Waals surface area (Å²) in [7, 11) is 0.933. The highest BCUT2D eigenvalue weighted by Crippen LogP contribution is 2.26. The Balaban J connectivity index is 1.79. The zero-order chi connectivity index (χ0) is 19.7. The van der Waals surface area contributed by atoms with Crippen molar-refractivity contribution in [2.24, 2.45) is 0 Å². The lowest BCUT2D eigenvalue weighted by Gasteiger charge is -2.10. The maximum Gasteiger partial charge on any atom is 0.328 e. The summed E-state index contributed by atoms with van der Waals surface area (Å²) in [5.74, 6) is -6.42. The van der Waals surface area contributed by atoms with Crippen LogP contribution in [0.15, 0.2) is 27.1 Å². The fourth-order valence-corrected chi connectivity index (χ4v) is 3.27. The van der Waals surface area contributed by atoms with Crippen LogP contribution in [0.3, 0.4) is 0 Å². The van der Waals surface area contributed by atoms with Gasteiger partial charge in [0.15, 0.2) is 17.4 Å². The molecule has 3 aromatic rings. The fraction of sp³-hybridized carbons (Fsp3) is 0.188. The van der Waals surface area contributed by atoms with Crippen LogP contribution < -0.4 is 21.3 Å². The molecule has 0 aliphatic carbocycles. The first-order valence-corrected chi connectivity index (χ1v) is 8.43. The molecule has 0 unspecified atom stereocenters. The fourth-order valence-electron chi connectivity index (χ4n) is 2.48. The number of benzene rings is 1. The Kier molecular flexibility index (Phi) is 5.04. The normalized spacial score (nSPS) is 11.0. The van der Waals surface area contributed by atoms with Gasteiger partial charge in [-0.2, -0.15) is 4.39 Å². The van der Waals surface area contributed by atoms with E-state index >= 15 is 0 Å². The number of nitrogens with one attached hydrogen (secondary N) is 2. The highest BCUT2D eigenvalue weighted by atomic mass is 32.1. The first-order chi connectivity index (χ1) is 12.8. The van der Waals surface area contributed by atoms with E-state index in [0.717, 1.165) is 23.0 Å². The number of carbonyl (C=O) groups excluding carboxylic acids is 1. The van der Waals surface area contributed by atoms with Crippen molar-refractivity contribution in [1.82, 2.24) is 14.9 Å². The van der Waals surface area contributed by atoms with Crippen LogP contribution in [0.1, 0.15) is 10.4 Å². The van der Waals surface area contributed by atoms with E-state index < -0.39 is 45.9 Å². The Labute approximate surface area is 153 Å². The summed E-state index contributed by atoms with van der Waals surface area (Å²) in [4.78, 5) is 38.8. The van der Waals surface area contributed by atoms with Gasteiger partial charge in [0.25, 0.3) is 11.5 Å². The molecule has 0 radical (unpaired) electrons. The van der Waals surface area contributed by atoms with Crippen molar-refractivity contribution in [3.63, 3.8) is 0 Å². The van der Waals surface area contributed by atoms with Gasteiger partial charge in [0, 0.05) is 13.1 Å². The van der Waals surface area contributed by atoms with E-state index in [0.29, 0.717) is 16.3 Å².